The molecule has 0 aliphatic rings. The lowest BCUT2D eigenvalue weighted by atomic mass is 10.1. The van der Waals surface area contributed by atoms with Crippen molar-refractivity contribution in [2.45, 2.75) is 277 Å². The summed E-state index contributed by atoms with van der Waals surface area (Å²) in [6.45, 7) is 6.36. The predicted octanol–water partition coefficient (Wildman–Crippen LogP) is 20.3. The van der Waals surface area contributed by atoms with Crippen molar-refractivity contribution in [1.29, 1.82) is 0 Å². The summed E-state index contributed by atoms with van der Waals surface area (Å²) in [4.78, 5) is 38.2. The molecule has 0 saturated carbocycles. The molecule has 0 amide bonds. The van der Waals surface area contributed by atoms with Gasteiger partial charge in [-0.05, 0) is 109 Å². The third-order valence-electron chi connectivity index (χ3n) is 12.5. The van der Waals surface area contributed by atoms with Crippen LogP contribution in [0.4, 0.5) is 0 Å². The highest BCUT2D eigenvalue weighted by atomic mass is 16.6. The minimum atomic E-state index is -0.815. The number of rotatable bonds is 53. The Kier molecular flexibility index (Phi) is 56.4. The monoisotopic (exact) mass is 999 g/mol. The van der Waals surface area contributed by atoms with E-state index in [1.807, 2.05) is 6.08 Å². The van der Waals surface area contributed by atoms with Crippen molar-refractivity contribution in [3.63, 3.8) is 0 Å². The summed E-state index contributed by atoms with van der Waals surface area (Å²) < 4.78 is 16.8. The molecule has 0 rings (SSSR count). The van der Waals surface area contributed by atoms with Gasteiger partial charge in [0.15, 0.2) is 6.10 Å². The lowest BCUT2D eigenvalue weighted by Gasteiger charge is -2.18. The van der Waals surface area contributed by atoms with Crippen LogP contribution in [0.5, 0.6) is 0 Å². The molecule has 6 heteroatoms. The zero-order valence-electron chi connectivity index (χ0n) is 46.9. The molecule has 0 aromatic rings. The van der Waals surface area contributed by atoms with Crippen molar-refractivity contribution >= 4 is 17.9 Å². The maximum atomic E-state index is 12.9. The van der Waals surface area contributed by atoms with Crippen LogP contribution in [0.1, 0.15) is 271 Å². The van der Waals surface area contributed by atoms with Gasteiger partial charge in [-0.15, -0.1) is 0 Å². The normalized spacial score (nSPS) is 12.9. The molecule has 410 valence electrons. The Balaban J connectivity index is 4.48. The summed E-state index contributed by atoms with van der Waals surface area (Å²) in [5.74, 6) is -0.999. The van der Waals surface area contributed by atoms with Gasteiger partial charge in [0.05, 0.1) is 0 Å². The van der Waals surface area contributed by atoms with Gasteiger partial charge in [-0.1, -0.05) is 252 Å². The van der Waals surface area contributed by atoms with Crippen LogP contribution in [0.15, 0.2) is 109 Å². The first-order chi connectivity index (χ1) is 35.5. The minimum absolute atomic E-state index is 0.106. The molecular formula is C66H110O6. The van der Waals surface area contributed by atoms with Crippen LogP contribution in [0.2, 0.25) is 0 Å². The van der Waals surface area contributed by atoms with Gasteiger partial charge in [-0.2, -0.15) is 0 Å². The molecular weight excluding hydrogens is 889 g/mol. The van der Waals surface area contributed by atoms with E-state index >= 15 is 0 Å². The Bertz CT molecular complexity index is 1470. The molecule has 0 radical (unpaired) electrons. The van der Waals surface area contributed by atoms with E-state index in [-0.39, 0.29) is 37.5 Å². The molecule has 0 bridgehead atoms. The Morgan fingerprint density at radius 1 is 0.292 bits per heavy atom. The third kappa shape index (κ3) is 57.0. The maximum Gasteiger partial charge on any atom is 0.306 e. The summed E-state index contributed by atoms with van der Waals surface area (Å²) in [5.41, 5.74) is 0. The van der Waals surface area contributed by atoms with Crippen molar-refractivity contribution < 1.29 is 28.6 Å². The van der Waals surface area contributed by atoms with Crippen molar-refractivity contribution in [3.8, 4) is 0 Å². The summed E-state index contributed by atoms with van der Waals surface area (Å²) in [7, 11) is 0. The van der Waals surface area contributed by atoms with E-state index in [4.69, 9.17) is 14.2 Å². The lowest BCUT2D eigenvalue weighted by Crippen LogP contribution is -2.30. The van der Waals surface area contributed by atoms with E-state index in [9.17, 15) is 14.4 Å². The second-order valence-electron chi connectivity index (χ2n) is 19.5. The average Bonchev–Trinajstić information content (AvgIpc) is 3.38. The quantitative estimate of drug-likeness (QED) is 0.0261. The predicted molar refractivity (Wildman–Crippen MR) is 311 cm³/mol. The standard InChI is InChI=1S/C66H110O6/c1-4-7-10-13-16-19-22-25-28-31-33-35-38-41-44-47-50-53-56-59-65(68)71-62-63(61-70-64(67)58-55-52-49-46-43-40-37-30-27-24-21-18-15-12-9-6-3)72-66(69)60-57-54-51-48-45-42-39-36-34-32-29-26-23-20-17-14-11-8-5-2/h7,9-10,12,16,18-19,21,25,27-28,30,32,34,40,43,49,52,63H,4-6,8,11,13-15,17,20,22-24,26,29,31,33,35-39,41-42,44-48,50-51,53-62H2,1-3H3/b10-7-,12-9-,19-16-,21-18-,28-25-,30-27-,34-32-,43-40-,52-49-. The van der Waals surface area contributed by atoms with Crippen molar-refractivity contribution in [2.24, 2.45) is 0 Å². The molecule has 0 N–H and O–H groups in total. The first-order valence-electron chi connectivity index (χ1n) is 29.9. The molecule has 0 fully saturated rings. The fraction of sp³-hybridized carbons (Fsp3) is 0.682. The molecule has 0 saturated heterocycles. The van der Waals surface area contributed by atoms with Gasteiger partial charge in [-0.25, -0.2) is 0 Å². The average molecular weight is 1000 g/mol. The van der Waals surface area contributed by atoms with Gasteiger partial charge in [0.25, 0.3) is 0 Å². The fourth-order valence-corrected chi connectivity index (χ4v) is 8.09. The Labute approximate surface area is 444 Å². The van der Waals surface area contributed by atoms with Crippen LogP contribution in [0.3, 0.4) is 0 Å². The zero-order chi connectivity index (χ0) is 52.2. The maximum absolute atomic E-state index is 12.9. The second kappa shape index (κ2) is 59.6. The Morgan fingerprint density at radius 2 is 0.569 bits per heavy atom. The van der Waals surface area contributed by atoms with Gasteiger partial charge in [0.1, 0.15) is 13.2 Å². The number of carbonyl (C=O) groups is 3. The van der Waals surface area contributed by atoms with Gasteiger partial charge in [-0.3, -0.25) is 14.4 Å². The number of hydrogen-bond acceptors (Lipinski definition) is 6. The first-order valence-corrected chi connectivity index (χ1v) is 29.9. The molecule has 1 atom stereocenters. The number of carbonyl (C=O) groups excluding carboxylic acids is 3. The number of hydrogen-bond donors (Lipinski definition) is 0. The van der Waals surface area contributed by atoms with Gasteiger partial charge >= 0.3 is 17.9 Å². The largest absolute Gasteiger partial charge is 0.462 e. The molecule has 0 spiro atoms. The molecule has 0 aliphatic heterocycles. The third-order valence-corrected chi connectivity index (χ3v) is 12.5. The van der Waals surface area contributed by atoms with E-state index in [0.29, 0.717) is 19.3 Å². The summed E-state index contributed by atoms with van der Waals surface area (Å²) in [5, 5.41) is 0. The Hall–Kier alpha value is -3.93. The van der Waals surface area contributed by atoms with E-state index in [1.54, 1.807) is 0 Å². The number of unbranched alkanes of at least 4 members (excludes halogenated alkanes) is 24. The molecule has 0 aliphatic carbocycles. The molecule has 0 heterocycles. The van der Waals surface area contributed by atoms with Crippen LogP contribution < -0.4 is 0 Å². The summed E-state index contributed by atoms with van der Waals surface area (Å²) >= 11 is 0. The SMILES string of the molecule is CC/C=C\C/C=C\C/C=C\C/C=C\C/C=C\CCC(=O)OCC(COC(=O)CCCCCCCCCCC/C=C\C/C=C\C/C=C\CC)OC(=O)CCCCCCCCC/C=C\CCCCCCCCCC. The van der Waals surface area contributed by atoms with Crippen LogP contribution in [0.25, 0.3) is 0 Å². The van der Waals surface area contributed by atoms with E-state index in [1.165, 1.54) is 135 Å². The van der Waals surface area contributed by atoms with Crippen molar-refractivity contribution in [3.05, 3.63) is 109 Å². The van der Waals surface area contributed by atoms with Crippen LogP contribution in [-0.4, -0.2) is 37.2 Å². The number of esters is 3. The second-order valence-corrected chi connectivity index (χ2v) is 19.5. The van der Waals surface area contributed by atoms with Gasteiger partial charge in [0.2, 0.25) is 0 Å². The van der Waals surface area contributed by atoms with Gasteiger partial charge in [0, 0.05) is 19.3 Å². The fourth-order valence-electron chi connectivity index (χ4n) is 8.09. The zero-order valence-corrected chi connectivity index (χ0v) is 46.9. The molecule has 0 aromatic heterocycles. The number of allylic oxidation sites excluding steroid dienone is 18. The van der Waals surface area contributed by atoms with E-state index < -0.39 is 6.10 Å². The summed E-state index contributed by atoms with van der Waals surface area (Å²) in [6.07, 6.45) is 80.9. The highest BCUT2D eigenvalue weighted by Gasteiger charge is 2.19. The van der Waals surface area contributed by atoms with Crippen molar-refractivity contribution in [2.75, 3.05) is 13.2 Å². The topological polar surface area (TPSA) is 78.9 Å². The van der Waals surface area contributed by atoms with Crippen LogP contribution >= 0.6 is 0 Å². The molecule has 1 unspecified atom stereocenters. The van der Waals surface area contributed by atoms with E-state index in [2.05, 4.69) is 124 Å². The van der Waals surface area contributed by atoms with Crippen molar-refractivity contribution in [1.82, 2.24) is 0 Å². The highest BCUT2D eigenvalue weighted by Crippen LogP contribution is 2.15. The van der Waals surface area contributed by atoms with E-state index in [0.717, 1.165) is 89.9 Å². The lowest BCUT2D eigenvalue weighted by molar-refractivity contribution is -0.166. The highest BCUT2D eigenvalue weighted by molar-refractivity contribution is 5.71. The molecule has 6 nitrogen and oxygen atoms in total. The number of ether oxygens (including phenoxy) is 3. The van der Waals surface area contributed by atoms with Crippen LogP contribution in [0, 0.1) is 0 Å². The smallest absolute Gasteiger partial charge is 0.306 e. The molecule has 0 aromatic carbocycles. The minimum Gasteiger partial charge on any atom is -0.462 e. The van der Waals surface area contributed by atoms with Gasteiger partial charge < -0.3 is 14.2 Å². The summed E-state index contributed by atoms with van der Waals surface area (Å²) in [6, 6.07) is 0. The van der Waals surface area contributed by atoms with Crippen LogP contribution in [-0.2, 0) is 28.6 Å². The Morgan fingerprint density at radius 3 is 0.944 bits per heavy atom. The first kappa shape index (κ1) is 68.1. The molecule has 72 heavy (non-hydrogen) atoms.